The number of allylic oxidation sites excluding steroid dienone is 1. The molecule has 0 aromatic carbocycles. The van der Waals surface area contributed by atoms with E-state index in [1.807, 2.05) is 0 Å². The molecule has 0 bridgehead atoms. The predicted molar refractivity (Wildman–Crippen MR) is 61.0 cm³/mol. The molecule has 0 heterocycles. The largest absolute Gasteiger partial charge is 0.393 e. The lowest BCUT2D eigenvalue weighted by molar-refractivity contribution is -0.121. The fourth-order valence-electron chi connectivity index (χ4n) is 1.15. The van der Waals surface area contributed by atoms with Crippen LogP contribution in [0.3, 0.4) is 0 Å². The molecule has 0 radical (unpaired) electrons. The summed E-state index contributed by atoms with van der Waals surface area (Å²) in [4.78, 5) is 11.3. The van der Waals surface area contributed by atoms with Gasteiger partial charge in [-0.1, -0.05) is 6.08 Å². The van der Waals surface area contributed by atoms with Gasteiger partial charge < -0.3 is 10.2 Å². The SMILES string of the molecule is C=CC[C@@H](Cl)[C@@H](O)CC(=O)CC[C@@H](C)O. The summed E-state index contributed by atoms with van der Waals surface area (Å²) in [5.41, 5.74) is 0. The third-order valence-corrected chi connectivity index (χ3v) is 2.56. The fraction of sp³-hybridized carbons (Fsp3) is 0.727. The van der Waals surface area contributed by atoms with Crippen LogP contribution in [0.15, 0.2) is 12.7 Å². The molecule has 2 N–H and O–H groups in total. The van der Waals surface area contributed by atoms with E-state index in [0.717, 1.165) is 0 Å². The maximum atomic E-state index is 11.3. The van der Waals surface area contributed by atoms with Gasteiger partial charge in [-0.15, -0.1) is 18.2 Å². The number of Topliss-reactive ketones (excluding diaryl/α,β-unsaturated/α-hetero) is 1. The maximum absolute atomic E-state index is 11.3. The highest BCUT2D eigenvalue weighted by atomic mass is 35.5. The first-order chi connectivity index (χ1) is 6.97. The highest BCUT2D eigenvalue weighted by Crippen LogP contribution is 2.13. The molecule has 0 fully saturated rings. The van der Waals surface area contributed by atoms with Crippen molar-refractivity contribution < 1.29 is 15.0 Å². The van der Waals surface area contributed by atoms with E-state index in [4.69, 9.17) is 16.7 Å². The van der Waals surface area contributed by atoms with E-state index >= 15 is 0 Å². The molecular weight excluding hydrogens is 216 g/mol. The van der Waals surface area contributed by atoms with Crippen LogP contribution in [0.2, 0.25) is 0 Å². The minimum absolute atomic E-state index is 0.0503. The number of carbonyl (C=O) groups is 1. The Morgan fingerprint density at radius 1 is 1.53 bits per heavy atom. The summed E-state index contributed by atoms with van der Waals surface area (Å²) < 4.78 is 0. The smallest absolute Gasteiger partial charge is 0.135 e. The Hall–Kier alpha value is -0.380. The van der Waals surface area contributed by atoms with Crippen LogP contribution in [-0.2, 0) is 4.79 Å². The maximum Gasteiger partial charge on any atom is 0.135 e. The van der Waals surface area contributed by atoms with Gasteiger partial charge in [0.1, 0.15) is 5.78 Å². The minimum Gasteiger partial charge on any atom is -0.393 e. The molecule has 0 spiro atoms. The van der Waals surface area contributed by atoms with Crippen LogP contribution in [-0.4, -0.2) is 33.6 Å². The second kappa shape index (κ2) is 7.85. The number of hydrogen-bond donors (Lipinski definition) is 2. The van der Waals surface area contributed by atoms with Crippen LogP contribution >= 0.6 is 11.6 Å². The monoisotopic (exact) mass is 234 g/mol. The van der Waals surface area contributed by atoms with Crippen LogP contribution in [0.5, 0.6) is 0 Å². The molecule has 0 rings (SSSR count). The second-order valence-corrected chi connectivity index (χ2v) is 4.30. The first-order valence-corrected chi connectivity index (χ1v) is 5.53. The van der Waals surface area contributed by atoms with Crippen LogP contribution in [0.4, 0.5) is 0 Å². The van der Waals surface area contributed by atoms with E-state index in [0.29, 0.717) is 12.8 Å². The highest BCUT2D eigenvalue weighted by molar-refractivity contribution is 6.21. The van der Waals surface area contributed by atoms with Crippen LogP contribution < -0.4 is 0 Å². The van der Waals surface area contributed by atoms with Crippen molar-refractivity contribution in [1.29, 1.82) is 0 Å². The van der Waals surface area contributed by atoms with Gasteiger partial charge in [-0.2, -0.15) is 0 Å². The Morgan fingerprint density at radius 2 is 2.13 bits per heavy atom. The van der Waals surface area contributed by atoms with Crippen LogP contribution in [0.25, 0.3) is 0 Å². The first-order valence-electron chi connectivity index (χ1n) is 5.10. The predicted octanol–water partition coefficient (Wildman–Crippen LogP) is 1.65. The van der Waals surface area contributed by atoms with Crippen molar-refractivity contribution in [2.75, 3.05) is 0 Å². The summed E-state index contributed by atoms with van der Waals surface area (Å²) in [5, 5.41) is 18.0. The van der Waals surface area contributed by atoms with Gasteiger partial charge in [-0.05, 0) is 19.8 Å². The Morgan fingerprint density at radius 3 is 2.60 bits per heavy atom. The fourth-order valence-corrected chi connectivity index (χ4v) is 1.36. The summed E-state index contributed by atoms with van der Waals surface area (Å²) in [7, 11) is 0. The number of aliphatic hydroxyl groups excluding tert-OH is 2. The van der Waals surface area contributed by atoms with Gasteiger partial charge in [0.15, 0.2) is 0 Å². The molecule has 0 aliphatic heterocycles. The number of rotatable bonds is 8. The highest BCUT2D eigenvalue weighted by Gasteiger charge is 2.18. The summed E-state index contributed by atoms with van der Waals surface area (Å²) in [6, 6.07) is 0. The quantitative estimate of drug-likeness (QED) is 0.496. The van der Waals surface area contributed by atoms with E-state index < -0.39 is 17.6 Å². The standard InChI is InChI=1S/C11H19ClO3/c1-3-4-10(12)11(15)7-9(14)6-5-8(2)13/h3,8,10-11,13,15H,1,4-7H2,2H3/t8-,10-,11+/m1/s1. The molecule has 0 amide bonds. The van der Waals surface area contributed by atoms with Crippen molar-refractivity contribution in [3.63, 3.8) is 0 Å². The molecule has 0 aromatic rings. The van der Waals surface area contributed by atoms with E-state index in [1.165, 1.54) is 0 Å². The molecule has 4 heteroatoms. The van der Waals surface area contributed by atoms with Gasteiger partial charge in [-0.25, -0.2) is 0 Å². The molecule has 0 saturated heterocycles. The third kappa shape index (κ3) is 7.54. The normalized spacial score (nSPS) is 16.8. The van der Waals surface area contributed by atoms with Gasteiger partial charge in [0.25, 0.3) is 0 Å². The van der Waals surface area contributed by atoms with Crippen molar-refractivity contribution >= 4 is 17.4 Å². The third-order valence-electron chi connectivity index (χ3n) is 2.09. The molecule has 88 valence electrons. The van der Waals surface area contributed by atoms with Gasteiger partial charge in [-0.3, -0.25) is 4.79 Å². The molecule has 0 aromatic heterocycles. The summed E-state index contributed by atoms with van der Waals surface area (Å²) in [6.45, 7) is 5.14. The van der Waals surface area contributed by atoms with Gasteiger partial charge in [0, 0.05) is 12.8 Å². The Bertz CT molecular complexity index is 204. The first kappa shape index (κ1) is 14.6. The number of ketones is 1. The number of aliphatic hydroxyl groups is 2. The van der Waals surface area contributed by atoms with Gasteiger partial charge in [0.2, 0.25) is 0 Å². The molecular formula is C11H19ClO3. The molecule has 15 heavy (non-hydrogen) atoms. The van der Waals surface area contributed by atoms with E-state index in [2.05, 4.69) is 6.58 Å². The number of hydrogen-bond acceptors (Lipinski definition) is 3. The van der Waals surface area contributed by atoms with Crippen molar-refractivity contribution in [3.8, 4) is 0 Å². The van der Waals surface area contributed by atoms with Crippen molar-refractivity contribution in [3.05, 3.63) is 12.7 Å². The molecule has 0 unspecified atom stereocenters. The number of carbonyl (C=O) groups excluding carboxylic acids is 1. The van der Waals surface area contributed by atoms with Crippen LogP contribution in [0, 0.1) is 0 Å². The van der Waals surface area contributed by atoms with Crippen LogP contribution in [0.1, 0.15) is 32.6 Å². The number of halogens is 1. The molecule has 0 aliphatic carbocycles. The topological polar surface area (TPSA) is 57.5 Å². The average Bonchev–Trinajstić information content (AvgIpc) is 2.15. The minimum atomic E-state index is -0.828. The lowest BCUT2D eigenvalue weighted by Gasteiger charge is -2.14. The van der Waals surface area contributed by atoms with E-state index in [1.54, 1.807) is 13.0 Å². The summed E-state index contributed by atoms with van der Waals surface area (Å²) in [5.74, 6) is -0.0712. The van der Waals surface area contributed by atoms with Crippen molar-refractivity contribution in [2.24, 2.45) is 0 Å². The Balaban J connectivity index is 3.79. The van der Waals surface area contributed by atoms with Crippen molar-refractivity contribution in [2.45, 2.75) is 50.2 Å². The second-order valence-electron chi connectivity index (χ2n) is 3.74. The van der Waals surface area contributed by atoms with Crippen molar-refractivity contribution in [1.82, 2.24) is 0 Å². The molecule has 3 nitrogen and oxygen atoms in total. The summed E-state index contributed by atoms with van der Waals surface area (Å²) >= 11 is 5.82. The number of alkyl halides is 1. The zero-order valence-corrected chi connectivity index (χ0v) is 9.78. The van der Waals surface area contributed by atoms with E-state index in [-0.39, 0.29) is 18.6 Å². The lowest BCUT2D eigenvalue weighted by Crippen LogP contribution is -2.24. The average molecular weight is 235 g/mol. The lowest BCUT2D eigenvalue weighted by atomic mass is 10.0. The molecule has 0 saturated carbocycles. The van der Waals surface area contributed by atoms with Gasteiger partial charge >= 0.3 is 0 Å². The summed E-state index contributed by atoms with van der Waals surface area (Å²) in [6.07, 6.45) is 1.55. The zero-order chi connectivity index (χ0) is 11.8. The molecule has 0 aliphatic rings. The van der Waals surface area contributed by atoms with Gasteiger partial charge in [0.05, 0.1) is 17.6 Å². The van der Waals surface area contributed by atoms with E-state index in [9.17, 15) is 9.90 Å². The Labute approximate surface area is 95.8 Å². The zero-order valence-electron chi connectivity index (χ0n) is 9.03. The molecule has 3 atom stereocenters. The Kier molecular flexibility index (Phi) is 7.65.